The fourth-order valence-electron chi connectivity index (χ4n) is 4.87. The predicted octanol–water partition coefficient (Wildman–Crippen LogP) is 3.27. The molecule has 7 nitrogen and oxygen atoms in total. The van der Waals surface area contributed by atoms with E-state index in [1.54, 1.807) is 6.08 Å². The second-order valence-corrected chi connectivity index (χ2v) is 10.5. The number of carbonyl (C=O) groups excluding carboxylic acids is 1. The third-order valence-electron chi connectivity index (χ3n) is 6.18. The Kier molecular flexibility index (Phi) is 5.64. The van der Waals surface area contributed by atoms with Gasteiger partial charge in [-0.2, -0.15) is 5.10 Å². The summed E-state index contributed by atoms with van der Waals surface area (Å²) in [5, 5.41) is 9.40. The maximum absolute atomic E-state index is 13.1. The molecule has 5 rings (SSSR count). The van der Waals surface area contributed by atoms with E-state index in [1.165, 1.54) is 0 Å². The number of piperazine rings is 1. The molecule has 4 atom stereocenters. The lowest BCUT2D eigenvalue weighted by Gasteiger charge is -2.41. The van der Waals surface area contributed by atoms with Crippen LogP contribution in [0.25, 0.3) is 10.8 Å². The lowest BCUT2D eigenvalue weighted by Crippen LogP contribution is -2.54. The van der Waals surface area contributed by atoms with E-state index in [0.717, 1.165) is 59.5 Å². The fourth-order valence-corrected chi connectivity index (χ4v) is 6.20. The van der Waals surface area contributed by atoms with Gasteiger partial charge in [0.05, 0.1) is 40.3 Å². The average molecular weight is 451 g/mol. The lowest BCUT2D eigenvalue weighted by atomic mass is 10.1. The topological polar surface area (TPSA) is 65.8 Å². The van der Waals surface area contributed by atoms with E-state index in [0.29, 0.717) is 20.7 Å². The van der Waals surface area contributed by atoms with Crippen LogP contribution in [0.4, 0.5) is 0 Å². The lowest BCUT2D eigenvalue weighted by molar-refractivity contribution is -0.123. The van der Waals surface area contributed by atoms with E-state index in [2.05, 4.69) is 49.2 Å². The molecule has 168 valence electrons. The highest BCUT2D eigenvalue weighted by molar-refractivity contribution is 7.51. The van der Waals surface area contributed by atoms with Crippen molar-refractivity contribution in [1.82, 2.24) is 29.7 Å². The Morgan fingerprint density at radius 3 is 2.78 bits per heavy atom. The molecule has 3 aliphatic heterocycles. The quantitative estimate of drug-likeness (QED) is 0.725. The Labute approximate surface area is 191 Å². The second kappa shape index (κ2) is 8.45. The summed E-state index contributed by atoms with van der Waals surface area (Å²) in [6.45, 7) is 10.5. The van der Waals surface area contributed by atoms with Crippen LogP contribution < -0.4 is 5.32 Å². The Bertz CT molecular complexity index is 1140. The van der Waals surface area contributed by atoms with Crippen LogP contribution in [0.15, 0.2) is 42.4 Å². The number of hydrogen-bond donors (Lipinski definition) is 1. The largest absolute Gasteiger partial charge is 0.367 e. The van der Waals surface area contributed by atoms with Crippen molar-refractivity contribution in [2.24, 2.45) is 0 Å². The van der Waals surface area contributed by atoms with Gasteiger partial charge in [-0.25, -0.2) is 4.52 Å². The normalized spacial score (nSPS) is 26.5. The van der Waals surface area contributed by atoms with E-state index in [4.69, 9.17) is 10.1 Å². The number of carbonyl (C=O) groups is 1. The highest BCUT2D eigenvalue weighted by atomic mass is 31.1. The molecule has 32 heavy (non-hydrogen) atoms. The highest BCUT2D eigenvalue weighted by Gasteiger charge is 2.31. The minimum Gasteiger partial charge on any atom is -0.367 e. The molecule has 8 heteroatoms. The first-order valence-electron chi connectivity index (χ1n) is 11.5. The van der Waals surface area contributed by atoms with Crippen LogP contribution in [-0.4, -0.2) is 61.3 Å². The van der Waals surface area contributed by atoms with Gasteiger partial charge in [0.25, 0.3) is 5.91 Å². The highest BCUT2D eigenvalue weighted by Crippen LogP contribution is 2.44. The molecule has 0 aromatic carbocycles. The van der Waals surface area contributed by atoms with Gasteiger partial charge in [0.1, 0.15) is 0 Å². The Morgan fingerprint density at radius 2 is 2.03 bits per heavy atom. The van der Waals surface area contributed by atoms with Crippen LogP contribution in [0.3, 0.4) is 0 Å². The van der Waals surface area contributed by atoms with Crippen molar-refractivity contribution in [3.63, 3.8) is 0 Å². The van der Waals surface area contributed by atoms with Crippen LogP contribution >= 0.6 is 8.58 Å². The first-order valence-corrected chi connectivity index (χ1v) is 12.6. The number of aromatic nitrogens is 3. The Hall–Kier alpha value is -2.50. The molecular formula is C24H31N6OP. The minimum absolute atomic E-state index is 0.0296. The summed E-state index contributed by atoms with van der Waals surface area (Å²) >= 11 is 0. The minimum atomic E-state index is 0.0296. The average Bonchev–Trinajstić information content (AvgIpc) is 3.17. The third-order valence-corrected chi connectivity index (χ3v) is 7.66. The van der Waals surface area contributed by atoms with Gasteiger partial charge in [-0.3, -0.25) is 9.78 Å². The van der Waals surface area contributed by atoms with Crippen LogP contribution in [0.5, 0.6) is 0 Å². The summed E-state index contributed by atoms with van der Waals surface area (Å²) in [5.74, 6) is 0.0887. The molecule has 0 radical (unpaired) electrons. The van der Waals surface area contributed by atoms with Crippen LogP contribution in [0, 0.1) is 6.92 Å². The molecule has 2 aromatic rings. The van der Waals surface area contributed by atoms with E-state index in [9.17, 15) is 4.79 Å². The molecule has 0 bridgehead atoms. The monoisotopic (exact) mass is 450 g/mol. The number of rotatable bonds is 4. The summed E-state index contributed by atoms with van der Waals surface area (Å²) in [6.07, 6.45) is 12.1. The standard InChI is InChI=1S/C24H31N6OP/c1-5-6-19-21-9-20(27-30(21)13-17(4)26-19)22-10-23(31)29-14-18(7-8-24(29)32-22)28-11-15(2)25-16(3)12-28/h7-10,13-16,24-25,32H,5-6,11-12H2,1-4H3/t15-,16+,24?. The summed E-state index contributed by atoms with van der Waals surface area (Å²) in [4.78, 5) is 22.1. The zero-order chi connectivity index (χ0) is 22.4. The van der Waals surface area contributed by atoms with Crippen molar-refractivity contribution in [2.45, 2.75) is 58.4 Å². The molecule has 3 aliphatic rings. The molecule has 0 spiro atoms. The van der Waals surface area contributed by atoms with Gasteiger partial charge in [0.15, 0.2) is 0 Å². The van der Waals surface area contributed by atoms with Gasteiger partial charge in [-0.1, -0.05) is 28.0 Å². The van der Waals surface area contributed by atoms with Crippen LogP contribution in [0.1, 0.15) is 44.3 Å². The van der Waals surface area contributed by atoms with Crippen molar-refractivity contribution in [3.05, 3.63) is 59.5 Å². The molecule has 1 fully saturated rings. The molecular weight excluding hydrogens is 419 g/mol. The van der Waals surface area contributed by atoms with Gasteiger partial charge >= 0.3 is 0 Å². The number of hydrogen-bond acceptors (Lipinski definition) is 5. The van der Waals surface area contributed by atoms with E-state index in [1.807, 2.05) is 28.7 Å². The first-order chi connectivity index (χ1) is 15.4. The Morgan fingerprint density at radius 1 is 1.25 bits per heavy atom. The maximum Gasteiger partial charge on any atom is 0.252 e. The third kappa shape index (κ3) is 4.00. The van der Waals surface area contributed by atoms with Crippen molar-refractivity contribution in [3.8, 4) is 0 Å². The molecule has 5 heterocycles. The Balaban J connectivity index is 1.42. The number of allylic oxidation sites excluding steroid dienone is 1. The fraction of sp³-hybridized carbons (Fsp3) is 0.458. The molecule has 0 aliphatic carbocycles. The number of nitrogens with zero attached hydrogens (tertiary/aromatic N) is 5. The second-order valence-electron chi connectivity index (χ2n) is 9.12. The molecule has 1 saturated heterocycles. The summed E-state index contributed by atoms with van der Waals surface area (Å²) in [6, 6.07) is 2.96. The molecule has 1 amide bonds. The van der Waals surface area contributed by atoms with Gasteiger partial charge in [-0.05, 0) is 39.3 Å². The van der Waals surface area contributed by atoms with Crippen LogP contribution in [0.2, 0.25) is 0 Å². The van der Waals surface area contributed by atoms with Crippen molar-refractivity contribution in [2.75, 3.05) is 13.1 Å². The number of fused-ring (bicyclic) bond motifs is 2. The molecule has 2 unspecified atom stereocenters. The maximum atomic E-state index is 13.1. The number of amides is 1. The predicted molar refractivity (Wildman–Crippen MR) is 130 cm³/mol. The molecule has 2 aromatic heterocycles. The first kappa shape index (κ1) is 21.4. The van der Waals surface area contributed by atoms with Crippen LogP contribution in [-0.2, 0) is 11.2 Å². The summed E-state index contributed by atoms with van der Waals surface area (Å²) < 4.78 is 1.92. The van der Waals surface area contributed by atoms with E-state index in [-0.39, 0.29) is 11.7 Å². The zero-order valence-corrected chi connectivity index (χ0v) is 20.2. The van der Waals surface area contributed by atoms with E-state index >= 15 is 0 Å². The van der Waals surface area contributed by atoms with Gasteiger partial charge in [0, 0.05) is 42.8 Å². The van der Waals surface area contributed by atoms with E-state index < -0.39 is 0 Å². The van der Waals surface area contributed by atoms with Crippen molar-refractivity contribution >= 4 is 25.3 Å². The smallest absolute Gasteiger partial charge is 0.252 e. The summed E-state index contributed by atoms with van der Waals surface area (Å²) in [5.41, 5.74) is 5.08. The van der Waals surface area contributed by atoms with Gasteiger partial charge < -0.3 is 15.1 Å². The zero-order valence-electron chi connectivity index (χ0n) is 19.2. The van der Waals surface area contributed by atoms with Gasteiger partial charge in [-0.15, -0.1) is 0 Å². The SMILES string of the molecule is CCCc1nc(C)cn2nc(C3=CC(=O)N4C=C(N5C[C@@H](C)N[C@@H](C)C5)C=CC4P3)cc12. The number of aryl methyl sites for hydroxylation is 2. The molecule has 0 saturated carbocycles. The van der Waals surface area contributed by atoms with Crippen molar-refractivity contribution in [1.29, 1.82) is 0 Å². The number of nitrogens with one attached hydrogen (secondary N) is 1. The van der Waals surface area contributed by atoms with Gasteiger partial charge in [0.2, 0.25) is 0 Å². The van der Waals surface area contributed by atoms with Crippen molar-refractivity contribution < 1.29 is 4.79 Å². The summed E-state index contributed by atoms with van der Waals surface area (Å²) in [7, 11) is 0.462. The molecule has 1 N–H and O–H groups in total.